The predicted molar refractivity (Wildman–Crippen MR) is 72.3 cm³/mol. The summed E-state index contributed by atoms with van der Waals surface area (Å²) >= 11 is 5.38. The molecule has 1 N–H and O–H groups in total. The molecule has 3 heteroatoms. The van der Waals surface area contributed by atoms with Gasteiger partial charge in [0.1, 0.15) is 0 Å². The highest BCUT2D eigenvalue weighted by Gasteiger charge is 2.11. The Hall–Kier alpha value is -0.310. The molecule has 0 saturated heterocycles. The van der Waals surface area contributed by atoms with Gasteiger partial charge in [-0.2, -0.15) is 0 Å². The molecule has 0 aromatic heterocycles. The van der Waals surface area contributed by atoms with Crippen molar-refractivity contribution in [2.75, 3.05) is 13.1 Å². The molecule has 0 unspecified atom stereocenters. The largest absolute Gasteiger partial charge is 0.363 e. The Morgan fingerprint density at radius 2 is 1.87 bits per heavy atom. The van der Waals surface area contributed by atoms with E-state index in [4.69, 9.17) is 12.2 Å². The van der Waals surface area contributed by atoms with Crippen molar-refractivity contribution in [1.82, 2.24) is 10.2 Å². The summed E-state index contributed by atoms with van der Waals surface area (Å²) in [6, 6.07) is 0.499. The van der Waals surface area contributed by atoms with Crippen molar-refractivity contribution in [3.8, 4) is 0 Å². The van der Waals surface area contributed by atoms with E-state index in [-0.39, 0.29) is 0 Å². The molecule has 0 aromatic carbocycles. The molecule has 0 heterocycles. The highest BCUT2D eigenvalue weighted by molar-refractivity contribution is 7.80. The van der Waals surface area contributed by atoms with Crippen LogP contribution in [0.25, 0.3) is 0 Å². The molecule has 0 aromatic rings. The molecule has 0 saturated carbocycles. The number of rotatable bonds is 7. The van der Waals surface area contributed by atoms with E-state index in [9.17, 15) is 0 Å². The molecule has 0 aliphatic carbocycles. The third-order valence-corrected chi connectivity index (χ3v) is 2.79. The quantitative estimate of drug-likeness (QED) is 0.534. The van der Waals surface area contributed by atoms with Gasteiger partial charge in [-0.15, -0.1) is 0 Å². The van der Waals surface area contributed by atoms with Crippen LogP contribution in [0.2, 0.25) is 0 Å². The molecule has 2 nitrogen and oxygen atoms in total. The minimum absolute atomic E-state index is 0.499. The van der Waals surface area contributed by atoms with Crippen LogP contribution in [0.1, 0.15) is 53.4 Å². The van der Waals surface area contributed by atoms with Gasteiger partial charge in [-0.05, 0) is 38.9 Å². The summed E-state index contributed by atoms with van der Waals surface area (Å²) in [6.07, 6.45) is 4.92. The molecule has 0 spiro atoms. The summed E-state index contributed by atoms with van der Waals surface area (Å²) in [5.74, 6) is 0. The van der Waals surface area contributed by atoms with E-state index in [0.717, 1.165) is 24.6 Å². The van der Waals surface area contributed by atoms with E-state index in [1.165, 1.54) is 19.3 Å². The standard InChI is InChI=1S/C12H26N2S/c1-5-7-8-10-14(11(3)4)12(15)13-9-6-2/h11H,5-10H2,1-4H3,(H,13,15). The zero-order valence-electron chi connectivity index (χ0n) is 10.7. The fourth-order valence-electron chi connectivity index (χ4n) is 1.46. The van der Waals surface area contributed by atoms with Crippen molar-refractivity contribution in [2.45, 2.75) is 59.4 Å². The Morgan fingerprint density at radius 1 is 1.20 bits per heavy atom. The molecule has 0 radical (unpaired) electrons. The average molecular weight is 230 g/mol. The van der Waals surface area contributed by atoms with Gasteiger partial charge in [-0.1, -0.05) is 26.7 Å². The van der Waals surface area contributed by atoms with Crippen LogP contribution in [-0.2, 0) is 0 Å². The van der Waals surface area contributed by atoms with Crippen LogP contribution in [0.4, 0.5) is 0 Å². The van der Waals surface area contributed by atoms with Crippen LogP contribution in [0.15, 0.2) is 0 Å². The van der Waals surface area contributed by atoms with E-state index in [1.807, 2.05) is 0 Å². The number of nitrogens with zero attached hydrogens (tertiary/aromatic N) is 1. The van der Waals surface area contributed by atoms with Crippen LogP contribution in [-0.4, -0.2) is 29.1 Å². The highest BCUT2D eigenvalue weighted by atomic mass is 32.1. The van der Waals surface area contributed by atoms with Gasteiger partial charge in [0.25, 0.3) is 0 Å². The number of thiocarbonyl (C=S) groups is 1. The van der Waals surface area contributed by atoms with Gasteiger partial charge in [0.05, 0.1) is 0 Å². The van der Waals surface area contributed by atoms with Crippen molar-refractivity contribution in [2.24, 2.45) is 0 Å². The maximum Gasteiger partial charge on any atom is 0.169 e. The third kappa shape index (κ3) is 6.72. The van der Waals surface area contributed by atoms with Crippen LogP contribution in [0.3, 0.4) is 0 Å². The summed E-state index contributed by atoms with van der Waals surface area (Å²) < 4.78 is 0. The maximum atomic E-state index is 5.38. The van der Waals surface area contributed by atoms with Crippen LogP contribution in [0.5, 0.6) is 0 Å². The topological polar surface area (TPSA) is 15.3 Å². The second-order valence-corrected chi connectivity index (χ2v) is 4.61. The molecule has 90 valence electrons. The first-order valence-corrected chi connectivity index (χ1v) is 6.58. The van der Waals surface area contributed by atoms with Gasteiger partial charge in [-0.25, -0.2) is 0 Å². The summed E-state index contributed by atoms with van der Waals surface area (Å²) in [4.78, 5) is 2.29. The lowest BCUT2D eigenvalue weighted by Gasteiger charge is -2.29. The van der Waals surface area contributed by atoms with Gasteiger partial charge < -0.3 is 10.2 Å². The minimum Gasteiger partial charge on any atom is -0.363 e. The van der Waals surface area contributed by atoms with Crippen LogP contribution < -0.4 is 5.32 Å². The third-order valence-electron chi connectivity index (χ3n) is 2.41. The molecule has 0 aliphatic rings. The van der Waals surface area contributed by atoms with Crippen molar-refractivity contribution in [3.63, 3.8) is 0 Å². The second-order valence-electron chi connectivity index (χ2n) is 4.23. The van der Waals surface area contributed by atoms with Gasteiger partial charge in [0, 0.05) is 19.1 Å². The molecule has 0 fully saturated rings. The van der Waals surface area contributed by atoms with E-state index >= 15 is 0 Å². The van der Waals surface area contributed by atoms with E-state index in [2.05, 4.69) is 37.9 Å². The lowest BCUT2D eigenvalue weighted by atomic mass is 10.2. The van der Waals surface area contributed by atoms with Gasteiger partial charge >= 0.3 is 0 Å². The Balaban J connectivity index is 3.96. The summed E-state index contributed by atoms with van der Waals surface area (Å²) in [5, 5.41) is 4.22. The lowest BCUT2D eigenvalue weighted by molar-refractivity contribution is 0.335. The molecule has 0 atom stereocenters. The second kappa shape index (κ2) is 8.96. The molecule has 0 bridgehead atoms. The van der Waals surface area contributed by atoms with Gasteiger partial charge in [0.2, 0.25) is 0 Å². The summed E-state index contributed by atoms with van der Waals surface area (Å²) in [7, 11) is 0. The predicted octanol–water partition coefficient (Wildman–Crippen LogP) is 3.17. The Labute approximate surface area is 100 Å². The Morgan fingerprint density at radius 3 is 2.33 bits per heavy atom. The molecule has 0 amide bonds. The van der Waals surface area contributed by atoms with E-state index in [1.54, 1.807) is 0 Å². The van der Waals surface area contributed by atoms with E-state index < -0.39 is 0 Å². The zero-order chi connectivity index (χ0) is 11.7. The molecular weight excluding hydrogens is 204 g/mol. The first-order valence-electron chi connectivity index (χ1n) is 6.17. The molecule has 0 aliphatic heterocycles. The SMILES string of the molecule is CCCCCN(C(=S)NCCC)C(C)C. The molecule has 0 rings (SSSR count). The van der Waals surface area contributed by atoms with Crippen molar-refractivity contribution in [1.29, 1.82) is 0 Å². The fourth-order valence-corrected chi connectivity index (χ4v) is 1.86. The van der Waals surface area contributed by atoms with Crippen molar-refractivity contribution in [3.05, 3.63) is 0 Å². The Bertz CT molecular complexity index is 169. The zero-order valence-corrected chi connectivity index (χ0v) is 11.5. The average Bonchev–Trinajstić information content (AvgIpc) is 2.20. The van der Waals surface area contributed by atoms with E-state index in [0.29, 0.717) is 6.04 Å². The summed E-state index contributed by atoms with van der Waals surface area (Å²) in [5.41, 5.74) is 0. The first kappa shape index (κ1) is 14.7. The van der Waals surface area contributed by atoms with Crippen LogP contribution >= 0.6 is 12.2 Å². The summed E-state index contributed by atoms with van der Waals surface area (Å²) in [6.45, 7) is 10.9. The monoisotopic (exact) mass is 230 g/mol. The van der Waals surface area contributed by atoms with Gasteiger partial charge in [-0.3, -0.25) is 0 Å². The van der Waals surface area contributed by atoms with Crippen LogP contribution in [0, 0.1) is 0 Å². The number of hydrogen-bond donors (Lipinski definition) is 1. The number of unbranched alkanes of at least 4 members (excludes halogenated alkanes) is 2. The smallest absolute Gasteiger partial charge is 0.169 e. The maximum absolute atomic E-state index is 5.38. The molecular formula is C12H26N2S. The first-order chi connectivity index (χ1) is 7.13. The Kier molecular flexibility index (Phi) is 8.77. The van der Waals surface area contributed by atoms with Gasteiger partial charge in [0.15, 0.2) is 5.11 Å². The lowest BCUT2D eigenvalue weighted by Crippen LogP contribution is -2.44. The van der Waals surface area contributed by atoms with Crippen molar-refractivity contribution < 1.29 is 0 Å². The highest BCUT2D eigenvalue weighted by Crippen LogP contribution is 2.04. The fraction of sp³-hybridized carbons (Fsp3) is 0.917. The number of nitrogens with one attached hydrogen (secondary N) is 1. The molecule has 15 heavy (non-hydrogen) atoms. The minimum atomic E-state index is 0.499. The normalized spacial score (nSPS) is 10.5. The number of hydrogen-bond acceptors (Lipinski definition) is 1. The van der Waals surface area contributed by atoms with Crippen molar-refractivity contribution >= 4 is 17.3 Å².